The van der Waals surface area contributed by atoms with Gasteiger partial charge in [0.15, 0.2) is 0 Å². The van der Waals surface area contributed by atoms with Crippen LogP contribution in [0.2, 0.25) is 5.02 Å². The molecule has 76 valence electrons. The van der Waals surface area contributed by atoms with Gasteiger partial charge < -0.3 is 4.74 Å². The summed E-state index contributed by atoms with van der Waals surface area (Å²) in [5, 5.41) is 4.09. The molecule has 3 heteroatoms. The third-order valence-electron chi connectivity index (χ3n) is 2.35. The zero-order valence-corrected chi connectivity index (χ0v) is 8.92. The highest BCUT2D eigenvalue weighted by Gasteiger charge is 2.19. The molecule has 1 fully saturated rings. The van der Waals surface area contributed by atoms with E-state index in [2.05, 4.69) is 12.2 Å². The van der Waals surface area contributed by atoms with Crippen LogP contribution in [-0.4, -0.2) is 13.2 Å². The van der Waals surface area contributed by atoms with Gasteiger partial charge in [0.25, 0.3) is 0 Å². The largest absolute Gasteiger partial charge is 0.359 e. The molecule has 0 radical (unpaired) electrons. The highest BCUT2D eigenvalue weighted by Crippen LogP contribution is 2.22. The predicted octanol–water partition coefficient (Wildman–Crippen LogP) is 2.59. The van der Waals surface area contributed by atoms with Gasteiger partial charge in [-0.05, 0) is 23.6 Å². The minimum Gasteiger partial charge on any atom is -0.359 e. The summed E-state index contributed by atoms with van der Waals surface area (Å²) in [4.78, 5) is 0. The standard InChI is InChI=1S/C11H14ClNO/c1-8-6-13-11(14-7-8)9-3-2-4-10(12)5-9/h2-5,8,11,13H,6-7H2,1H3. The van der Waals surface area contributed by atoms with Crippen LogP contribution < -0.4 is 5.32 Å². The average Bonchev–Trinajstić information content (AvgIpc) is 2.19. The first-order valence-electron chi connectivity index (χ1n) is 4.86. The topological polar surface area (TPSA) is 21.3 Å². The molecule has 1 aliphatic rings. The summed E-state index contributed by atoms with van der Waals surface area (Å²) < 4.78 is 5.66. The molecule has 2 nitrogen and oxygen atoms in total. The molecule has 1 saturated heterocycles. The van der Waals surface area contributed by atoms with Crippen molar-refractivity contribution in [1.82, 2.24) is 5.32 Å². The van der Waals surface area contributed by atoms with Crippen molar-refractivity contribution in [2.45, 2.75) is 13.2 Å². The second kappa shape index (κ2) is 4.30. The van der Waals surface area contributed by atoms with Crippen molar-refractivity contribution in [1.29, 1.82) is 0 Å². The molecule has 1 N–H and O–H groups in total. The maximum absolute atomic E-state index is 5.91. The molecule has 14 heavy (non-hydrogen) atoms. The summed E-state index contributed by atoms with van der Waals surface area (Å²) in [5.41, 5.74) is 1.10. The maximum atomic E-state index is 5.91. The Morgan fingerprint density at radius 3 is 3.00 bits per heavy atom. The van der Waals surface area contributed by atoms with E-state index in [4.69, 9.17) is 16.3 Å². The summed E-state index contributed by atoms with van der Waals surface area (Å²) in [7, 11) is 0. The smallest absolute Gasteiger partial charge is 0.134 e. The summed E-state index contributed by atoms with van der Waals surface area (Å²) in [6.07, 6.45) is 0.00454. The summed E-state index contributed by atoms with van der Waals surface area (Å²) in [5.74, 6) is 0.588. The van der Waals surface area contributed by atoms with Crippen LogP contribution in [-0.2, 0) is 4.74 Å². The number of benzene rings is 1. The van der Waals surface area contributed by atoms with E-state index in [-0.39, 0.29) is 6.23 Å². The zero-order valence-electron chi connectivity index (χ0n) is 8.16. The molecule has 1 aromatic rings. The van der Waals surface area contributed by atoms with Crippen LogP contribution in [0.5, 0.6) is 0 Å². The SMILES string of the molecule is CC1CNC(c2cccc(Cl)c2)OC1. The Bertz CT molecular complexity index is 308. The van der Waals surface area contributed by atoms with Gasteiger partial charge in [0.2, 0.25) is 0 Å². The quantitative estimate of drug-likeness (QED) is 0.771. The molecule has 2 rings (SSSR count). The molecule has 2 unspecified atom stereocenters. The molecule has 1 heterocycles. The van der Waals surface area contributed by atoms with Crippen LogP contribution >= 0.6 is 11.6 Å². The Morgan fingerprint density at radius 2 is 2.36 bits per heavy atom. The number of rotatable bonds is 1. The van der Waals surface area contributed by atoms with E-state index in [0.717, 1.165) is 23.7 Å². The fourth-order valence-electron chi connectivity index (χ4n) is 1.57. The van der Waals surface area contributed by atoms with E-state index in [1.807, 2.05) is 24.3 Å². The minimum atomic E-state index is 0.00454. The van der Waals surface area contributed by atoms with Gasteiger partial charge in [-0.15, -0.1) is 0 Å². The maximum Gasteiger partial charge on any atom is 0.134 e. The van der Waals surface area contributed by atoms with Gasteiger partial charge in [0.1, 0.15) is 6.23 Å². The Labute approximate surface area is 89.2 Å². The molecule has 2 atom stereocenters. The van der Waals surface area contributed by atoms with Gasteiger partial charge in [-0.2, -0.15) is 0 Å². The highest BCUT2D eigenvalue weighted by molar-refractivity contribution is 6.30. The van der Waals surface area contributed by atoms with Crippen molar-refractivity contribution in [3.8, 4) is 0 Å². The first-order valence-corrected chi connectivity index (χ1v) is 5.24. The molecular formula is C11H14ClNO. The van der Waals surface area contributed by atoms with Crippen molar-refractivity contribution in [3.63, 3.8) is 0 Å². The monoisotopic (exact) mass is 211 g/mol. The van der Waals surface area contributed by atoms with E-state index >= 15 is 0 Å². The van der Waals surface area contributed by atoms with Crippen LogP contribution in [0.15, 0.2) is 24.3 Å². The van der Waals surface area contributed by atoms with Crippen molar-refractivity contribution >= 4 is 11.6 Å². The highest BCUT2D eigenvalue weighted by atomic mass is 35.5. The number of hydrogen-bond donors (Lipinski definition) is 1. The first-order chi connectivity index (χ1) is 6.75. The fourth-order valence-corrected chi connectivity index (χ4v) is 1.77. The average molecular weight is 212 g/mol. The van der Waals surface area contributed by atoms with E-state index in [0.29, 0.717) is 5.92 Å². The lowest BCUT2D eigenvalue weighted by Crippen LogP contribution is -2.36. The van der Waals surface area contributed by atoms with Gasteiger partial charge in [-0.1, -0.05) is 30.7 Å². The molecule has 1 aliphatic heterocycles. The minimum absolute atomic E-state index is 0.00454. The predicted molar refractivity (Wildman–Crippen MR) is 57.3 cm³/mol. The molecule has 1 aromatic carbocycles. The van der Waals surface area contributed by atoms with Gasteiger partial charge in [-0.25, -0.2) is 0 Å². The Kier molecular flexibility index (Phi) is 3.06. The first kappa shape index (κ1) is 9.97. The third kappa shape index (κ3) is 2.27. The second-order valence-electron chi connectivity index (χ2n) is 3.78. The fraction of sp³-hybridized carbons (Fsp3) is 0.455. The van der Waals surface area contributed by atoms with Crippen molar-refractivity contribution in [2.75, 3.05) is 13.2 Å². The molecular weight excluding hydrogens is 198 g/mol. The lowest BCUT2D eigenvalue weighted by molar-refractivity contribution is -0.0254. The molecule has 0 aliphatic carbocycles. The number of nitrogens with one attached hydrogen (secondary N) is 1. The Hall–Kier alpha value is -0.570. The Balaban J connectivity index is 2.08. The summed E-state index contributed by atoms with van der Waals surface area (Å²) in [6.45, 7) is 3.97. The van der Waals surface area contributed by atoms with Gasteiger partial charge in [0, 0.05) is 11.6 Å². The summed E-state index contributed by atoms with van der Waals surface area (Å²) in [6, 6.07) is 7.78. The van der Waals surface area contributed by atoms with Crippen molar-refractivity contribution in [3.05, 3.63) is 34.9 Å². The number of hydrogen-bond acceptors (Lipinski definition) is 2. The molecule has 0 bridgehead atoms. The Morgan fingerprint density at radius 1 is 1.50 bits per heavy atom. The summed E-state index contributed by atoms with van der Waals surface area (Å²) >= 11 is 5.91. The lowest BCUT2D eigenvalue weighted by Gasteiger charge is -2.28. The second-order valence-corrected chi connectivity index (χ2v) is 4.22. The van der Waals surface area contributed by atoms with Gasteiger partial charge in [0.05, 0.1) is 6.61 Å². The van der Waals surface area contributed by atoms with E-state index in [1.54, 1.807) is 0 Å². The third-order valence-corrected chi connectivity index (χ3v) is 2.59. The van der Waals surface area contributed by atoms with Gasteiger partial charge in [-0.3, -0.25) is 5.32 Å². The van der Waals surface area contributed by atoms with Crippen LogP contribution in [0, 0.1) is 5.92 Å². The number of ether oxygens (including phenoxy) is 1. The zero-order chi connectivity index (χ0) is 9.97. The normalized spacial score (nSPS) is 27.6. The molecule has 0 spiro atoms. The van der Waals surface area contributed by atoms with Crippen LogP contribution in [0.4, 0.5) is 0 Å². The van der Waals surface area contributed by atoms with E-state index in [9.17, 15) is 0 Å². The van der Waals surface area contributed by atoms with Gasteiger partial charge >= 0.3 is 0 Å². The van der Waals surface area contributed by atoms with Crippen molar-refractivity contribution in [2.24, 2.45) is 5.92 Å². The van der Waals surface area contributed by atoms with E-state index in [1.165, 1.54) is 0 Å². The van der Waals surface area contributed by atoms with E-state index < -0.39 is 0 Å². The number of halogens is 1. The molecule has 0 saturated carbocycles. The molecule has 0 amide bonds. The van der Waals surface area contributed by atoms with Crippen LogP contribution in [0.3, 0.4) is 0 Å². The van der Waals surface area contributed by atoms with Crippen LogP contribution in [0.25, 0.3) is 0 Å². The van der Waals surface area contributed by atoms with Crippen molar-refractivity contribution < 1.29 is 4.74 Å². The molecule has 0 aromatic heterocycles. The lowest BCUT2D eigenvalue weighted by atomic mass is 10.1. The van der Waals surface area contributed by atoms with Crippen LogP contribution in [0.1, 0.15) is 18.7 Å².